The average Bonchev–Trinajstić information content (AvgIpc) is 3.05. The van der Waals surface area contributed by atoms with Crippen molar-refractivity contribution in [1.29, 1.82) is 0 Å². The van der Waals surface area contributed by atoms with Gasteiger partial charge in [-0.15, -0.1) is 5.57 Å². The Labute approximate surface area is 165 Å². The van der Waals surface area contributed by atoms with E-state index in [0.29, 0.717) is 5.92 Å². The Kier molecular flexibility index (Phi) is 11.3. The van der Waals surface area contributed by atoms with Crippen LogP contribution in [0, 0.1) is 12.0 Å². The molecule has 1 nitrogen and oxygen atoms in total. The molecular weight excluding hydrogens is 410 g/mol. The third-order valence-corrected chi connectivity index (χ3v) is 4.23. The van der Waals surface area contributed by atoms with Crippen LogP contribution in [-0.4, -0.2) is 19.8 Å². The smallest absolute Gasteiger partial charge is 0.144 e. The molecule has 3 aliphatic carbocycles. The van der Waals surface area contributed by atoms with Crippen LogP contribution < -0.4 is 24.8 Å². The van der Waals surface area contributed by atoms with Crippen molar-refractivity contribution in [3.05, 3.63) is 47.1 Å². The van der Waals surface area contributed by atoms with Crippen LogP contribution in [-0.2, 0) is 28.7 Å². The van der Waals surface area contributed by atoms with Crippen LogP contribution >= 0.6 is 0 Å². The van der Waals surface area contributed by atoms with Gasteiger partial charge in [-0.1, -0.05) is 43.6 Å². The van der Waals surface area contributed by atoms with Gasteiger partial charge in [0.1, 0.15) is 10.5 Å². The van der Waals surface area contributed by atoms with Gasteiger partial charge in [0.05, 0.1) is 0 Å². The van der Waals surface area contributed by atoms with Crippen molar-refractivity contribution in [3.8, 4) is 0 Å². The van der Waals surface area contributed by atoms with Gasteiger partial charge in [-0.3, -0.25) is 0 Å². The number of hydrogen-bond acceptors (Lipinski definition) is 1. The first-order valence-electron chi connectivity index (χ1n) is 7.38. The van der Waals surface area contributed by atoms with E-state index in [1.807, 2.05) is 0 Å². The van der Waals surface area contributed by atoms with Crippen LogP contribution in [0.3, 0.4) is 0 Å². The second-order valence-corrected chi connectivity index (χ2v) is 8.61. The fourth-order valence-corrected chi connectivity index (χ4v) is 3.37. The van der Waals surface area contributed by atoms with Gasteiger partial charge in [0.25, 0.3) is 0 Å². The molecule has 1 unspecified atom stereocenters. The summed E-state index contributed by atoms with van der Waals surface area (Å²) < 4.78 is 7.18. The molecule has 3 aliphatic rings. The molecule has 0 radical (unpaired) electrons. The molecule has 0 aromatic carbocycles. The first-order chi connectivity index (χ1) is 9.63. The van der Waals surface area contributed by atoms with Crippen molar-refractivity contribution in [2.75, 3.05) is 0 Å². The van der Waals surface area contributed by atoms with Gasteiger partial charge in [-0.2, -0.15) is 5.57 Å². The zero-order valence-electron chi connectivity index (χ0n) is 13.5. The maximum atomic E-state index is 5.67. The molecule has 0 amide bonds. The van der Waals surface area contributed by atoms with Crippen molar-refractivity contribution in [3.63, 3.8) is 0 Å². The van der Waals surface area contributed by atoms with Gasteiger partial charge in [-0.25, -0.2) is 11.6 Å². The topological polar surface area (TPSA) is 9.23 Å². The molecule has 0 aromatic heterocycles. The third kappa shape index (κ3) is 5.83. The minimum atomic E-state index is 0. The Morgan fingerprint density at radius 3 is 2.27 bits per heavy atom. The summed E-state index contributed by atoms with van der Waals surface area (Å²) in [4.78, 5) is 0. The molecular formula is C17H23Cl2OSiZr-. The van der Waals surface area contributed by atoms with Crippen molar-refractivity contribution in [2.24, 2.45) is 5.92 Å². The summed E-state index contributed by atoms with van der Waals surface area (Å²) in [5, 5.41) is 0. The summed E-state index contributed by atoms with van der Waals surface area (Å²) in [6, 6.07) is 0. The van der Waals surface area contributed by atoms with Crippen LogP contribution in [0.15, 0.2) is 41.0 Å². The summed E-state index contributed by atoms with van der Waals surface area (Å²) in [6.45, 7) is 4.25. The van der Waals surface area contributed by atoms with Crippen molar-refractivity contribution < 1.29 is 53.5 Å². The average molecular weight is 434 g/mol. The first-order valence-corrected chi connectivity index (χ1v) is 9.43. The quantitative estimate of drug-likeness (QED) is 0.329. The monoisotopic (exact) mass is 431 g/mol. The van der Waals surface area contributed by atoms with Gasteiger partial charge in [0.2, 0.25) is 0 Å². The van der Waals surface area contributed by atoms with E-state index in [1.54, 1.807) is 29.8 Å². The van der Waals surface area contributed by atoms with E-state index in [4.69, 9.17) is 4.43 Å². The fourth-order valence-electron chi connectivity index (χ4n) is 2.96. The molecule has 5 heteroatoms. The molecule has 0 bridgehead atoms. The van der Waals surface area contributed by atoms with E-state index in [1.165, 1.54) is 40.0 Å². The van der Waals surface area contributed by atoms with E-state index in [9.17, 15) is 0 Å². The summed E-state index contributed by atoms with van der Waals surface area (Å²) in [7, 11) is 0.802. The van der Waals surface area contributed by atoms with Gasteiger partial charge < -0.3 is 29.2 Å². The van der Waals surface area contributed by atoms with Crippen molar-refractivity contribution >= 4 is 13.7 Å². The molecule has 0 aliphatic heterocycles. The SMILES string of the molecule is C[C](C)=[Zr+2].[Cl-].[Cl-].[SiH3]OC1[C-]=C(C2C=CC=C2)C2=C1CCCC2. The molecule has 0 saturated carbocycles. The Hall–Kier alpha value is 0.470. The molecule has 0 N–H and O–H groups in total. The molecule has 0 saturated heterocycles. The van der Waals surface area contributed by atoms with Crippen LogP contribution in [0.25, 0.3) is 0 Å². The zero-order valence-corrected chi connectivity index (χ0v) is 19.4. The second-order valence-electron chi connectivity index (χ2n) is 5.68. The van der Waals surface area contributed by atoms with Gasteiger partial charge in [-0.05, 0) is 18.4 Å². The Bertz CT molecular complexity index is 493. The van der Waals surface area contributed by atoms with Gasteiger partial charge >= 0.3 is 41.3 Å². The summed E-state index contributed by atoms with van der Waals surface area (Å²) in [5.41, 5.74) is 4.50. The van der Waals surface area contributed by atoms with Gasteiger partial charge in [0.15, 0.2) is 0 Å². The minimum absolute atomic E-state index is 0. The van der Waals surface area contributed by atoms with Crippen LogP contribution in [0.1, 0.15) is 39.5 Å². The zero-order chi connectivity index (χ0) is 14.5. The summed E-state index contributed by atoms with van der Waals surface area (Å²) in [6.07, 6.45) is 17.7. The number of allylic oxidation sites excluding steroid dienone is 6. The predicted octanol–water partition coefficient (Wildman–Crippen LogP) is -3.24. The molecule has 120 valence electrons. The maximum Gasteiger partial charge on any atom is 0.144 e. The van der Waals surface area contributed by atoms with Crippen LogP contribution in [0.4, 0.5) is 0 Å². The minimum Gasteiger partial charge on any atom is -1.00 e. The molecule has 0 heterocycles. The predicted molar refractivity (Wildman–Crippen MR) is 85.2 cm³/mol. The van der Waals surface area contributed by atoms with E-state index in [0.717, 1.165) is 10.5 Å². The molecule has 0 spiro atoms. The van der Waals surface area contributed by atoms with Crippen molar-refractivity contribution in [2.45, 2.75) is 45.6 Å². The Balaban J connectivity index is 0.000000665. The van der Waals surface area contributed by atoms with E-state index >= 15 is 0 Å². The Morgan fingerprint density at radius 1 is 1.18 bits per heavy atom. The molecule has 3 rings (SSSR count). The normalized spacial score (nSPS) is 22.4. The van der Waals surface area contributed by atoms with Crippen LogP contribution in [0.2, 0.25) is 0 Å². The summed E-state index contributed by atoms with van der Waals surface area (Å²) in [5.74, 6) is 0.463. The molecule has 0 aromatic rings. The second kappa shape index (κ2) is 11.1. The third-order valence-electron chi connectivity index (χ3n) is 3.76. The van der Waals surface area contributed by atoms with E-state index in [-0.39, 0.29) is 30.9 Å². The number of rotatable bonds is 2. The fraction of sp³-hybridized carbons (Fsp3) is 0.471. The van der Waals surface area contributed by atoms with E-state index in [2.05, 4.69) is 44.2 Å². The Morgan fingerprint density at radius 2 is 1.73 bits per heavy atom. The number of halogens is 2. The van der Waals surface area contributed by atoms with Crippen molar-refractivity contribution in [1.82, 2.24) is 0 Å². The van der Waals surface area contributed by atoms with Crippen LogP contribution in [0.5, 0.6) is 0 Å². The van der Waals surface area contributed by atoms with E-state index < -0.39 is 0 Å². The first kappa shape index (κ1) is 22.5. The standard InChI is InChI=1S/C14H17OSi.C3H6.2ClH.Zr/c16-15-14-9-13(10-5-1-2-6-10)11-7-3-4-8-12(11)14;1-3-2;;;/h1-2,5-6,10,14H,3-4,7-8H2,16H3;1-2H3;2*1H;/q-1;;;;+2/p-2. The largest absolute Gasteiger partial charge is 1.00 e. The summed E-state index contributed by atoms with van der Waals surface area (Å²) >= 11 is 1.55. The molecule has 22 heavy (non-hydrogen) atoms. The molecule has 1 atom stereocenters. The number of hydrogen-bond donors (Lipinski definition) is 0. The maximum absolute atomic E-state index is 5.67. The molecule has 0 fully saturated rings. The van der Waals surface area contributed by atoms with Gasteiger partial charge in [0, 0.05) is 0 Å².